The fourth-order valence-corrected chi connectivity index (χ4v) is 3.15. The minimum absolute atomic E-state index is 0.0679. The Morgan fingerprint density at radius 1 is 1.37 bits per heavy atom. The van der Waals surface area contributed by atoms with Crippen LogP contribution in [0.3, 0.4) is 0 Å². The molecular weight excluding hydrogens is 260 g/mol. The first kappa shape index (κ1) is 14.3. The molecule has 19 heavy (non-hydrogen) atoms. The number of rotatable bonds is 1. The smallest absolute Gasteiger partial charge is 0.254 e. The van der Waals surface area contributed by atoms with E-state index in [1.54, 1.807) is 6.07 Å². The van der Waals surface area contributed by atoms with Gasteiger partial charge in [0.15, 0.2) is 0 Å². The molecule has 3 unspecified atom stereocenters. The number of carbonyl (C=O) groups excluding carboxylic acids is 1. The van der Waals surface area contributed by atoms with E-state index < -0.39 is 0 Å². The van der Waals surface area contributed by atoms with E-state index in [-0.39, 0.29) is 11.9 Å². The van der Waals surface area contributed by atoms with Gasteiger partial charge >= 0.3 is 0 Å². The van der Waals surface area contributed by atoms with Gasteiger partial charge in [0, 0.05) is 23.8 Å². The zero-order chi connectivity index (χ0) is 14.2. The average Bonchev–Trinajstić information content (AvgIpc) is 2.31. The van der Waals surface area contributed by atoms with Gasteiger partial charge < -0.3 is 4.90 Å². The van der Waals surface area contributed by atoms with Gasteiger partial charge in [-0.1, -0.05) is 25.4 Å². The average molecular weight is 281 g/mol. The Kier molecular flexibility index (Phi) is 4.14. The lowest BCUT2D eigenvalue weighted by atomic mass is 9.85. The molecule has 1 amide bonds. The van der Waals surface area contributed by atoms with E-state index in [0.717, 1.165) is 12.2 Å². The monoisotopic (exact) mass is 280 g/mol. The topological polar surface area (TPSA) is 33.2 Å². The Hall–Kier alpha value is -1.09. The molecule has 0 N–H and O–H groups in total. The summed E-state index contributed by atoms with van der Waals surface area (Å²) in [6.07, 6.45) is 1.18. The first-order valence-corrected chi connectivity index (χ1v) is 7.21. The zero-order valence-corrected chi connectivity index (χ0v) is 12.7. The highest BCUT2D eigenvalue weighted by atomic mass is 35.5. The van der Waals surface area contributed by atoms with Crippen molar-refractivity contribution in [2.24, 2.45) is 11.8 Å². The van der Waals surface area contributed by atoms with Crippen LogP contribution < -0.4 is 0 Å². The molecule has 0 aliphatic carbocycles. The fourth-order valence-electron chi connectivity index (χ4n) is 2.90. The first-order chi connectivity index (χ1) is 8.88. The molecular formula is C15H21ClN2O. The molecule has 0 spiro atoms. The Bertz CT molecular complexity index is 469. The predicted octanol–water partition coefficient (Wildman–Crippen LogP) is 3.55. The molecule has 3 atom stereocenters. The molecule has 1 aliphatic heterocycles. The van der Waals surface area contributed by atoms with Crippen molar-refractivity contribution >= 4 is 17.5 Å². The second-order valence-electron chi connectivity index (χ2n) is 5.84. The highest BCUT2D eigenvalue weighted by Gasteiger charge is 2.32. The van der Waals surface area contributed by atoms with E-state index in [1.165, 1.54) is 6.42 Å². The molecule has 1 saturated heterocycles. The number of hydrogen-bond donors (Lipinski definition) is 0. The summed E-state index contributed by atoms with van der Waals surface area (Å²) >= 11 is 5.94. The van der Waals surface area contributed by atoms with E-state index in [1.807, 2.05) is 17.9 Å². The van der Waals surface area contributed by atoms with E-state index in [4.69, 9.17) is 11.6 Å². The van der Waals surface area contributed by atoms with Crippen LogP contribution >= 0.6 is 11.6 Å². The Morgan fingerprint density at radius 3 is 2.68 bits per heavy atom. The molecule has 0 radical (unpaired) electrons. The quantitative estimate of drug-likeness (QED) is 0.737. The number of nitrogens with zero attached hydrogens (tertiary/aromatic N) is 2. The number of aryl methyl sites for hydroxylation is 1. The van der Waals surface area contributed by atoms with E-state index in [2.05, 4.69) is 25.8 Å². The molecule has 1 aromatic heterocycles. The van der Waals surface area contributed by atoms with E-state index >= 15 is 0 Å². The van der Waals surface area contributed by atoms with Gasteiger partial charge in [0.1, 0.15) is 5.15 Å². The third kappa shape index (κ3) is 3.08. The van der Waals surface area contributed by atoms with Crippen molar-refractivity contribution in [1.29, 1.82) is 0 Å². The maximum Gasteiger partial charge on any atom is 0.254 e. The number of carbonyl (C=O) groups is 1. The van der Waals surface area contributed by atoms with Gasteiger partial charge in [0.25, 0.3) is 5.91 Å². The third-order valence-corrected chi connectivity index (χ3v) is 4.22. The Morgan fingerprint density at radius 2 is 2.05 bits per heavy atom. The van der Waals surface area contributed by atoms with Gasteiger partial charge in [-0.05, 0) is 44.2 Å². The van der Waals surface area contributed by atoms with Crippen LogP contribution in [0.5, 0.6) is 0 Å². The zero-order valence-electron chi connectivity index (χ0n) is 12.0. The van der Waals surface area contributed by atoms with Gasteiger partial charge in [0.05, 0.1) is 0 Å². The first-order valence-electron chi connectivity index (χ1n) is 6.83. The molecule has 3 nitrogen and oxygen atoms in total. The van der Waals surface area contributed by atoms with Crippen molar-refractivity contribution < 1.29 is 4.79 Å². The van der Waals surface area contributed by atoms with Crippen LogP contribution in [-0.2, 0) is 0 Å². The van der Waals surface area contributed by atoms with Crippen molar-refractivity contribution in [2.75, 3.05) is 6.54 Å². The largest absolute Gasteiger partial charge is 0.335 e. The van der Waals surface area contributed by atoms with Crippen molar-refractivity contribution in [3.8, 4) is 0 Å². The minimum Gasteiger partial charge on any atom is -0.335 e. The molecule has 2 rings (SSSR count). The standard InChI is InChI=1S/C15H21ClN2O/c1-9-5-10(2)12(4)18(8-9)15(19)13-6-11(3)17-14(16)7-13/h6-7,9-10,12H,5,8H2,1-4H3. The number of amides is 1. The van der Waals surface area contributed by atoms with Gasteiger partial charge in [-0.15, -0.1) is 0 Å². The summed E-state index contributed by atoms with van der Waals surface area (Å²) in [6.45, 7) is 9.22. The summed E-state index contributed by atoms with van der Waals surface area (Å²) < 4.78 is 0. The molecule has 4 heteroatoms. The lowest BCUT2D eigenvalue weighted by molar-refractivity contribution is 0.0455. The summed E-state index contributed by atoms with van der Waals surface area (Å²) in [5, 5.41) is 0.383. The minimum atomic E-state index is 0.0679. The predicted molar refractivity (Wildman–Crippen MR) is 77.4 cm³/mol. The van der Waals surface area contributed by atoms with E-state index in [0.29, 0.717) is 22.6 Å². The SMILES string of the molecule is Cc1cc(C(=O)N2CC(C)CC(C)C2C)cc(Cl)n1. The molecule has 1 fully saturated rings. The third-order valence-electron chi connectivity index (χ3n) is 4.03. The molecule has 0 bridgehead atoms. The van der Waals surface area contributed by atoms with Crippen LogP contribution in [0.25, 0.3) is 0 Å². The highest BCUT2D eigenvalue weighted by molar-refractivity contribution is 6.29. The van der Waals surface area contributed by atoms with Crippen LogP contribution in [0, 0.1) is 18.8 Å². The summed E-state index contributed by atoms with van der Waals surface area (Å²) in [6, 6.07) is 3.74. The van der Waals surface area contributed by atoms with Crippen LogP contribution in [0.1, 0.15) is 43.2 Å². The highest BCUT2D eigenvalue weighted by Crippen LogP contribution is 2.28. The summed E-state index contributed by atoms with van der Waals surface area (Å²) in [5.74, 6) is 1.15. The molecule has 2 heterocycles. The van der Waals surface area contributed by atoms with Crippen molar-refractivity contribution in [2.45, 2.75) is 40.2 Å². The number of halogens is 1. The van der Waals surface area contributed by atoms with Crippen molar-refractivity contribution in [3.63, 3.8) is 0 Å². The molecule has 0 saturated carbocycles. The molecule has 1 aromatic rings. The number of aromatic nitrogens is 1. The summed E-state index contributed by atoms with van der Waals surface area (Å²) in [7, 11) is 0. The number of pyridine rings is 1. The van der Waals surface area contributed by atoms with Gasteiger partial charge in [-0.3, -0.25) is 4.79 Å². The maximum atomic E-state index is 12.6. The Labute approximate surface area is 120 Å². The second kappa shape index (κ2) is 5.49. The van der Waals surface area contributed by atoms with Crippen LogP contribution in [0.4, 0.5) is 0 Å². The Balaban J connectivity index is 2.27. The van der Waals surface area contributed by atoms with Gasteiger partial charge in [-0.2, -0.15) is 0 Å². The molecule has 1 aliphatic rings. The molecule has 0 aromatic carbocycles. The summed E-state index contributed by atoms with van der Waals surface area (Å²) in [4.78, 5) is 18.7. The second-order valence-corrected chi connectivity index (χ2v) is 6.22. The number of likely N-dealkylation sites (tertiary alicyclic amines) is 1. The van der Waals surface area contributed by atoms with Gasteiger partial charge in [0.2, 0.25) is 0 Å². The maximum absolute atomic E-state index is 12.6. The number of hydrogen-bond acceptors (Lipinski definition) is 2. The number of piperidine rings is 1. The van der Waals surface area contributed by atoms with Crippen LogP contribution in [-0.4, -0.2) is 28.4 Å². The van der Waals surface area contributed by atoms with E-state index in [9.17, 15) is 4.79 Å². The summed E-state index contributed by atoms with van der Waals surface area (Å²) in [5.41, 5.74) is 1.42. The lowest BCUT2D eigenvalue weighted by Crippen LogP contribution is -2.48. The van der Waals surface area contributed by atoms with Crippen LogP contribution in [0.2, 0.25) is 5.15 Å². The van der Waals surface area contributed by atoms with Crippen molar-refractivity contribution in [1.82, 2.24) is 9.88 Å². The van der Waals surface area contributed by atoms with Gasteiger partial charge in [-0.25, -0.2) is 4.98 Å². The van der Waals surface area contributed by atoms with Crippen LogP contribution in [0.15, 0.2) is 12.1 Å². The normalized spacial score (nSPS) is 27.4. The fraction of sp³-hybridized carbons (Fsp3) is 0.600. The lowest BCUT2D eigenvalue weighted by Gasteiger charge is -2.41. The molecule has 104 valence electrons. The van der Waals surface area contributed by atoms with Crippen molar-refractivity contribution in [3.05, 3.63) is 28.5 Å².